The van der Waals surface area contributed by atoms with Crippen LogP contribution in [0.1, 0.15) is 30.9 Å². The summed E-state index contributed by atoms with van der Waals surface area (Å²) in [6.07, 6.45) is 4.79. The fourth-order valence-corrected chi connectivity index (χ4v) is 4.44. The second-order valence-corrected chi connectivity index (χ2v) is 8.18. The minimum absolute atomic E-state index is 0.0913. The summed E-state index contributed by atoms with van der Waals surface area (Å²) >= 11 is 1.72. The lowest BCUT2D eigenvalue weighted by Gasteiger charge is -2.15. The number of thioether (sulfide) groups is 1. The van der Waals surface area contributed by atoms with Crippen molar-refractivity contribution in [1.29, 1.82) is 0 Å². The van der Waals surface area contributed by atoms with E-state index in [0.29, 0.717) is 23.4 Å². The molecule has 1 aliphatic rings. The van der Waals surface area contributed by atoms with Gasteiger partial charge in [0, 0.05) is 11.3 Å². The third kappa shape index (κ3) is 3.36. The van der Waals surface area contributed by atoms with Gasteiger partial charge in [0.1, 0.15) is 0 Å². The molecule has 2 N–H and O–H groups in total. The third-order valence-corrected chi connectivity index (χ3v) is 6.71. The number of nitrogens with one attached hydrogen (secondary N) is 1. The number of rotatable bonds is 7. The van der Waals surface area contributed by atoms with Crippen molar-refractivity contribution in [3.05, 3.63) is 29.3 Å². The molecular weight excluding hydrogens is 294 g/mol. The van der Waals surface area contributed by atoms with Crippen LogP contribution >= 0.6 is 11.8 Å². The molecule has 1 aromatic carbocycles. The molecule has 1 aromatic rings. The van der Waals surface area contributed by atoms with E-state index in [4.69, 9.17) is 0 Å². The molecule has 0 radical (unpaired) electrons. The van der Waals surface area contributed by atoms with Crippen LogP contribution in [-0.4, -0.2) is 31.1 Å². The molecule has 1 saturated carbocycles. The number of aliphatic hydroxyl groups excluding tert-OH is 1. The van der Waals surface area contributed by atoms with Gasteiger partial charge in [-0.05, 0) is 42.7 Å². The first-order chi connectivity index (χ1) is 9.46. The molecule has 0 amide bonds. The Bertz CT molecular complexity index is 580. The molecule has 0 bridgehead atoms. The molecule has 0 saturated heterocycles. The van der Waals surface area contributed by atoms with Crippen molar-refractivity contribution in [2.24, 2.45) is 0 Å². The molecule has 0 atom stereocenters. The minimum atomic E-state index is -3.51. The Morgan fingerprint density at radius 3 is 2.60 bits per heavy atom. The quantitative estimate of drug-likeness (QED) is 0.807. The van der Waals surface area contributed by atoms with Gasteiger partial charge in [0.25, 0.3) is 0 Å². The fourth-order valence-electron chi connectivity index (χ4n) is 2.14. The van der Waals surface area contributed by atoms with E-state index < -0.39 is 10.0 Å². The first-order valence-electron chi connectivity index (χ1n) is 6.74. The van der Waals surface area contributed by atoms with Crippen molar-refractivity contribution in [1.82, 2.24) is 4.72 Å². The van der Waals surface area contributed by atoms with Gasteiger partial charge in [-0.25, -0.2) is 13.1 Å². The molecule has 0 aromatic heterocycles. The van der Waals surface area contributed by atoms with Gasteiger partial charge in [-0.15, -0.1) is 0 Å². The molecule has 4 nitrogen and oxygen atoms in total. The smallest absolute Gasteiger partial charge is 0.240 e. The van der Waals surface area contributed by atoms with Crippen molar-refractivity contribution in [3.63, 3.8) is 0 Å². The van der Waals surface area contributed by atoms with E-state index in [1.165, 1.54) is 0 Å². The van der Waals surface area contributed by atoms with Gasteiger partial charge >= 0.3 is 0 Å². The van der Waals surface area contributed by atoms with Crippen molar-refractivity contribution in [3.8, 4) is 0 Å². The normalized spacial score (nSPS) is 17.1. The third-order valence-electron chi connectivity index (χ3n) is 3.81. The monoisotopic (exact) mass is 315 g/mol. The lowest BCUT2D eigenvalue weighted by Crippen LogP contribution is -2.32. The van der Waals surface area contributed by atoms with Gasteiger partial charge in [-0.2, -0.15) is 11.8 Å². The van der Waals surface area contributed by atoms with Crippen molar-refractivity contribution < 1.29 is 13.5 Å². The molecule has 1 fully saturated rings. The highest BCUT2D eigenvalue weighted by atomic mass is 32.2. The number of benzene rings is 1. The van der Waals surface area contributed by atoms with Crippen LogP contribution in [0, 0.1) is 0 Å². The lowest BCUT2D eigenvalue weighted by molar-refractivity contribution is 0.281. The number of hydrogen-bond acceptors (Lipinski definition) is 4. The molecular formula is C14H21NO3S2. The molecule has 0 unspecified atom stereocenters. The maximum atomic E-state index is 12.5. The van der Waals surface area contributed by atoms with Crippen molar-refractivity contribution in [2.45, 2.75) is 42.4 Å². The Balaban J connectivity index is 2.23. The second kappa shape index (κ2) is 6.05. The largest absolute Gasteiger partial charge is 0.392 e. The molecule has 1 aliphatic carbocycles. The first-order valence-corrected chi connectivity index (χ1v) is 9.44. The van der Waals surface area contributed by atoms with Crippen LogP contribution in [0.3, 0.4) is 0 Å². The Kier molecular flexibility index (Phi) is 4.79. The molecule has 2 rings (SSSR count). The van der Waals surface area contributed by atoms with E-state index in [9.17, 15) is 13.5 Å². The van der Waals surface area contributed by atoms with Crippen LogP contribution in [0.15, 0.2) is 23.1 Å². The molecule has 112 valence electrons. The molecule has 0 aliphatic heterocycles. The van der Waals surface area contributed by atoms with E-state index in [2.05, 4.69) is 4.72 Å². The summed E-state index contributed by atoms with van der Waals surface area (Å²) in [6.45, 7) is 2.25. The number of aryl methyl sites for hydroxylation is 1. The van der Waals surface area contributed by atoms with Gasteiger partial charge in [-0.1, -0.05) is 19.1 Å². The van der Waals surface area contributed by atoms with Crippen LogP contribution in [0.2, 0.25) is 0 Å². The Morgan fingerprint density at radius 1 is 1.40 bits per heavy atom. The highest BCUT2D eigenvalue weighted by Gasteiger charge is 2.42. The summed E-state index contributed by atoms with van der Waals surface area (Å²) in [5, 5.41) is 9.18. The summed E-state index contributed by atoms with van der Waals surface area (Å²) in [7, 11) is -3.51. The highest BCUT2D eigenvalue weighted by Crippen LogP contribution is 2.46. The van der Waals surface area contributed by atoms with Gasteiger partial charge in [0.05, 0.1) is 11.5 Å². The molecule has 0 heterocycles. The van der Waals surface area contributed by atoms with Crippen LogP contribution in [0.5, 0.6) is 0 Å². The van der Waals surface area contributed by atoms with Crippen LogP contribution in [0.4, 0.5) is 0 Å². The van der Waals surface area contributed by atoms with Gasteiger partial charge < -0.3 is 5.11 Å². The van der Waals surface area contributed by atoms with E-state index in [-0.39, 0.29) is 11.4 Å². The highest BCUT2D eigenvalue weighted by molar-refractivity contribution is 8.00. The van der Waals surface area contributed by atoms with E-state index >= 15 is 0 Å². The topological polar surface area (TPSA) is 66.4 Å². The summed E-state index contributed by atoms with van der Waals surface area (Å²) in [5.41, 5.74) is 1.40. The van der Waals surface area contributed by atoms with Crippen LogP contribution < -0.4 is 4.72 Å². The van der Waals surface area contributed by atoms with Gasteiger partial charge in [0.15, 0.2) is 0 Å². The van der Waals surface area contributed by atoms with Crippen LogP contribution in [-0.2, 0) is 23.1 Å². The Hall–Kier alpha value is -0.560. The molecule has 0 spiro atoms. The predicted molar refractivity (Wildman–Crippen MR) is 82.4 cm³/mol. The average Bonchev–Trinajstić information content (AvgIpc) is 3.25. The van der Waals surface area contributed by atoms with Gasteiger partial charge in [0.2, 0.25) is 10.0 Å². The van der Waals surface area contributed by atoms with Crippen molar-refractivity contribution in [2.75, 3.05) is 12.8 Å². The van der Waals surface area contributed by atoms with E-state index in [0.717, 1.165) is 18.4 Å². The minimum Gasteiger partial charge on any atom is -0.392 e. The van der Waals surface area contributed by atoms with E-state index in [1.54, 1.807) is 30.0 Å². The molecule has 6 heteroatoms. The summed E-state index contributed by atoms with van der Waals surface area (Å²) in [6, 6.07) is 5.11. The van der Waals surface area contributed by atoms with Gasteiger partial charge in [-0.3, -0.25) is 0 Å². The van der Waals surface area contributed by atoms with Crippen LogP contribution in [0.25, 0.3) is 0 Å². The zero-order valence-electron chi connectivity index (χ0n) is 11.8. The summed E-state index contributed by atoms with van der Waals surface area (Å²) in [5.74, 6) is 0. The summed E-state index contributed by atoms with van der Waals surface area (Å²) < 4.78 is 27.8. The Labute approximate surface area is 125 Å². The summed E-state index contributed by atoms with van der Waals surface area (Å²) in [4.78, 5) is 0.295. The maximum Gasteiger partial charge on any atom is 0.240 e. The predicted octanol–water partition coefficient (Wildman–Crippen LogP) is 1.92. The average molecular weight is 315 g/mol. The fraction of sp³-hybridized carbons (Fsp3) is 0.571. The maximum absolute atomic E-state index is 12.5. The molecule has 20 heavy (non-hydrogen) atoms. The Morgan fingerprint density at radius 2 is 2.10 bits per heavy atom. The second-order valence-electron chi connectivity index (χ2n) is 5.17. The standard InChI is InChI=1S/C14H21NO3S2/c1-3-12-5-4-11(9-16)8-13(12)20(17,18)15-10-14(19-2)6-7-14/h4-5,8,15-16H,3,6-7,9-10H2,1-2H3. The SMILES string of the molecule is CCc1ccc(CO)cc1S(=O)(=O)NCC1(SC)CC1. The number of sulfonamides is 1. The zero-order valence-corrected chi connectivity index (χ0v) is 13.5. The number of aliphatic hydroxyl groups is 1. The van der Waals surface area contributed by atoms with Crippen molar-refractivity contribution >= 4 is 21.8 Å². The lowest BCUT2D eigenvalue weighted by atomic mass is 10.1. The van der Waals surface area contributed by atoms with E-state index in [1.807, 2.05) is 13.2 Å². The number of hydrogen-bond donors (Lipinski definition) is 2. The first kappa shape index (κ1) is 15.8. The zero-order chi connectivity index (χ0) is 14.8.